The first-order valence-corrected chi connectivity index (χ1v) is 4.71. The summed E-state index contributed by atoms with van der Waals surface area (Å²) in [5, 5.41) is 0. The lowest BCUT2D eigenvalue weighted by Gasteiger charge is -2.19. The molecule has 0 saturated heterocycles. The van der Waals surface area contributed by atoms with Gasteiger partial charge in [-0.15, -0.1) is 0 Å². The average Bonchev–Trinajstić information content (AvgIpc) is 2.14. The fourth-order valence-corrected chi connectivity index (χ4v) is 1.06. The molecule has 1 amide bonds. The van der Waals surface area contributed by atoms with Crippen molar-refractivity contribution in [1.82, 2.24) is 0 Å². The number of hydrogen-bond donors (Lipinski definition) is 2. The zero-order valence-electron chi connectivity index (χ0n) is 8.99. The van der Waals surface area contributed by atoms with Gasteiger partial charge in [-0.05, 0) is 26.0 Å². The largest absolute Gasteiger partial charge is 0.491 e. The van der Waals surface area contributed by atoms with E-state index in [4.69, 9.17) is 16.2 Å². The number of amides is 1. The Labute approximate surface area is 89.2 Å². The topological polar surface area (TPSA) is 78.3 Å². The predicted molar refractivity (Wildman–Crippen MR) is 58.7 cm³/mol. The highest BCUT2D eigenvalue weighted by molar-refractivity contribution is 5.95. The van der Waals surface area contributed by atoms with E-state index < -0.39 is 11.4 Å². The predicted octanol–water partition coefficient (Wildman–Crippen LogP) is 0.902. The molecule has 0 spiro atoms. The summed E-state index contributed by atoms with van der Waals surface area (Å²) in [4.78, 5) is 11.1. The van der Waals surface area contributed by atoms with Crippen molar-refractivity contribution in [3.63, 3.8) is 0 Å². The average molecular weight is 208 g/mol. The van der Waals surface area contributed by atoms with Gasteiger partial charge < -0.3 is 16.2 Å². The Bertz CT molecular complexity index is 356. The summed E-state index contributed by atoms with van der Waals surface area (Å²) in [6.45, 7) is 4.02. The van der Waals surface area contributed by atoms with Crippen LogP contribution in [0.1, 0.15) is 24.2 Å². The molecule has 82 valence electrons. The van der Waals surface area contributed by atoms with E-state index in [9.17, 15) is 4.79 Å². The van der Waals surface area contributed by atoms with E-state index in [-0.39, 0.29) is 0 Å². The summed E-state index contributed by atoms with van der Waals surface area (Å²) >= 11 is 0. The monoisotopic (exact) mass is 208 g/mol. The van der Waals surface area contributed by atoms with Crippen LogP contribution in [0.15, 0.2) is 24.3 Å². The first-order valence-electron chi connectivity index (χ1n) is 4.71. The van der Waals surface area contributed by atoms with Gasteiger partial charge in [0.05, 0.1) is 5.56 Å². The molecule has 0 fully saturated rings. The van der Waals surface area contributed by atoms with E-state index in [1.807, 2.05) is 13.8 Å². The smallest absolute Gasteiger partial charge is 0.252 e. The molecule has 1 rings (SSSR count). The Kier molecular flexibility index (Phi) is 3.31. The van der Waals surface area contributed by atoms with E-state index in [0.717, 1.165) is 0 Å². The van der Waals surface area contributed by atoms with Crippen molar-refractivity contribution in [2.24, 2.45) is 11.5 Å². The number of carbonyl (C=O) groups is 1. The third-order valence-electron chi connectivity index (χ3n) is 1.75. The number of benzene rings is 1. The van der Waals surface area contributed by atoms with Crippen molar-refractivity contribution in [2.75, 3.05) is 6.61 Å². The number of rotatable bonds is 4. The normalized spacial score (nSPS) is 11.1. The zero-order valence-corrected chi connectivity index (χ0v) is 8.99. The Balaban J connectivity index is 2.81. The molecular formula is C11H16N2O2. The molecule has 0 aliphatic rings. The van der Waals surface area contributed by atoms with Gasteiger partial charge in [0.2, 0.25) is 0 Å². The molecule has 0 aliphatic heterocycles. The molecular weight excluding hydrogens is 192 g/mol. The highest BCUT2D eigenvalue weighted by Crippen LogP contribution is 2.18. The zero-order chi connectivity index (χ0) is 11.5. The summed E-state index contributed by atoms with van der Waals surface area (Å²) < 4.78 is 5.44. The van der Waals surface area contributed by atoms with E-state index in [2.05, 4.69) is 0 Å². The number of para-hydroxylation sites is 1. The van der Waals surface area contributed by atoms with Crippen LogP contribution in [0.4, 0.5) is 0 Å². The van der Waals surface area contributed by atoms with Crippen molar-refractivity contribution in [3.05, 3.63) is 29.8 Å². The molecule has 0 unspecified atom stereocenters. The number of hydrogen-bond acceptors (Lipinski definition) is 3. The van der Waals surface area contributed by atoms with Crippen LogP contribution < -0.4 is 16.2 Å². The molecule has 0 aromatic heterocycles. The molecule has 4 heteroatoms. The van der Waals surface area contributed by atoms with Crippen LogP contribution in [0.5, 0.6) is 5.75 Å². The van der Waals surface area contributed by atoms with Gasteiger partial charge in [-0.3, -0.25) is 4.79 Å². The van der Waals surface area contributed by atoms with Gasteiger partial charge in [0.1, 0.15) is 12.4 Å². The maximum atomic E-state index is 11.1. The molecule has 4 N–H and O–H groups in total. The van der Waals surface area contributed by atoms with Crippen molar-refractivity contribution in [2.45, 2.75) is 19.4 Å². The lowest BCUT2D eigenvalue weighted by Crippen LogP contribution is -2.39. The quantitative estimate of drug-likeness (QED) is 0.771. The van der Waals surface area contributed by atoms with Crippen LogP contribution in [-0.2, 0) is 0 Å². The van der Waals surface area contributed by atoms with E-state index in [0.29, 0.717) is 17.9 Å². The van der Waals surface area contributed by atoms with Crippen LogP contribution in [-0.4, -0.2) is 18.1 Å². The van der Waals surface area contributed by atoms with Crippen LogP contribution in [0.3, 0.4) is 0 Å². The van der Waals surface area contributed by atoms with Crippen LogP contribution in [0.2, 0.25) is 0 Å². The minimum atomic E-state index is -0.500. The second-order valence-corrected chi connectivity index (χ2v) is 4.14. The molecule has 0 heterocycles. The minimum absolute atomic E-state index is 0.331. The third-order valence-corrected chi connectivity index (χ3v) is 1.75. The summed E-state index contributed by atoms with van der Waals surface area (Å²) in [6, 6.07) is 6.85. The van der Waals surface area contributed by atoms with Crippen molar-refractivity contribution >= 4 is 5.91 Å². The summed E-state index contributed by atoms with van der Waals surface area (Å²) in [7, 11) is 0. The summed E-state index contributed by atoms with van der Waals surface area (Å²) in [5.74, 6) is -0.0241. The van der Waals surface area contributed by atoms with E-state index in [1.54, 1.807) is 24.3 Å². The highest BCUT2D eigenvalue weighted by Gasteiger charge is 2.14. The van der Waals surface area contributed by atoms with Crippen molar-refractivity contribution in [3.8, 4) is 5.75 Å². The molecule has 15 heavy (non-hydrogen) atoms. The standard InChI is InChI=1S/C11H16N2O2/c1-11(2,13)7-15-9-6-4-3-5-8(9)10(12)14/h3-6H,7,13H2,1-2H3,(H2,12,14). The van der Waals surface area contributed by atoms with Gasteiger partial charge in [0.25, 0.3) is 5.91 Å². The molecule has 0 aliphatic carbocycles. The van der Waals surface area contributed by atoms with Crippen LogP contribution >= 0.6 is 0 Å². The molecule has 0 radical (unpaired) electrons. The molecule has 4 nitrogen and oxygen atoms in total. The highest BCUT2D eigenvalue weighted by atomic mass is 16.5. The van der Waals surface area contributed by atoms with Crippen molar-refractivity contribution < 1.29 is 9.53 Å². The summed E-state index contributed by atoms with van der Waals surface area (Å²) in [5.41, 5.74) is 10.9. The molecule has 0 saturated carbocycles. The Hall–Kier alpha value is -1.55. The van der Waals surface area contributed by atoms with Crippen LogP contribution in [0.25, 0.3) is 0 Å². The SMILES string of the molecule is CC(C)(N)COc1ccccc1C(N)=O. The van der Waals surface area contributed by atoms with Crippen molar-refractivity contribution in [1.29, 1.82) is 0 Å². The Morgan fingerprint density at radius 2 is 2.00 bits per heavy atom. The maximum Gasteiger partial charge on any atom is 0.252 e. The second kappa shape index (κ2) is 4.31. The van der Waals surface area contributed by atoms with Gasteiger partial charge in [-0.2, -0.15) is 0 Å². The first-order chi connectivity index (χ1) is 6.90. The maximum absolute atomic E-state index is 11.1. The number of carbonyl (C=O) groups excluding carboxylic acids is 1. The van der Waals surface area contributed by atoms with Gasteiger partial charge in [-0.1, -0.05) is 12.1 Å². The number of primary amides is 1. The summed E-state index contributed by atoms with van der Waals surface area (Å²) in [6.07, 6.45) is 0. The van der Waals surface area contributed by atoms with E-state index >= 15 is 0 Å². The molecule has 1 aromatic rings. The number of ether oxygens (including phenoxy) is 1. The fraction of sp³-hybridized carbons (Fsp3) is 0.364. The molecule has 1 aromatic carbocycles. The van der Waals surface area contributed by atoms with Gasteiger partial charge in [-0.25, -0.2) is 0 Å². The Morgan fingerprint density at radius 3 is 2.53 bits per heavy atom. The first kappa shape index (κ1) is 11.5. The molecule has 0 atom stereocenters. The third kappa shape index (κ3) is 3.59. The van der Waals surface area contributed by atoms with Gasteiger partial charge >= 0.3 is 0 Å². The van der Waals surface area contributed by atoms with E-state index in [1.165, 1.54) is 0 Å². The second-order valence-electron chi connectivity index (χ2n) is 4.14. The van der Waals surface area contributed by atoms with Crippen LogP contribution in [0, 0.1) is 0 Å². The van der Waals surface area contributed by atoms with Gasteiger partial charge in [0, 0.05) is 5.54 Å². The van der Waals surface area contributed by atoms with Gasteiger partial charge in [0.15, 0.2) is 0 Å². The fourth-order valence-electron chi connectivity index (χ4n) is 1.06. The Morgan fingerprint density at radius 1 is 1.40 bits per heavy atom. The molecule has 0 bridgehead atoms. The lowest BCUT2D eigenvalue weighted by molar-refractivity contribution is 0.0995. The lowest BCUT2D eigenvalue weighted by atomic mass is 10.1. The minimum Gasteiger partial charge on any atom is -0.491 e. The number of nitrogens with two attached hydrogens (primary N) is 2.